The summed E-state index contributed by atoms with van der Waals surface area (Å²) in [6, 6.07) is 13.1. The Hall–Kier alpha value is -2.87. The maximum Gasteiger partial charge on any atom is 0.244 e. The van der Waals surface area contributed by atoms with Crippen molar-refractivity contribution in [2.45, 2.75) is 43.3 Å². The van der Waals surface area contributed by atoms with Crippen molar-refractivity contribution in [1.82, 2.24) is 19.8 Å². The SMILES string of the molecule is CC12CCC(=O)N1C(C(=O)NC(Cn1cnc3ccccc31)c1ccc(F)cc1)CS2. The molecule has 2 aliphatic rings. The van der Waals surface area contributed by atoms with Gasteiger partial charge >= 0.3 is 0 Å². The van der Waals surface area contributed by atoms with E-state index in [0.29, 0.717) is 18.7 Å². The number of para-hydroxylation sites is 2. The molecular weight excluding hydrogens is 415 g/mol. The van der Waals surface area contributed by atoms with Gasteiger partial charge in [-0.2, -0.15) is 0 Å². The quantitative estimate of drug-likeness (QED) is 0.662. The molecule has 2 saturated heterocycles. The summed E-state index contributed by atoms with van der Waals surface area (Å²) in [7, 11) is 0. The summed E-state index contributed by atoms with van der Waals surface area (Å²) < 4.78 is 15.5. The van der Waals surface area contributed by atoms with Crippen molar-refractivity contribution in [1.29, 1.82) is 0 Å². The first-order valence-corrected chi connectivity index (χ1v) is 11.3. The molecule has 3 heterocycles. The predicted octanol–water partition coefficient (Wildman–Crippen LogP) is 3.49. The number of rotatable bonds is 5. The number of nitrogens with one attached hydrogen (secondary N) is 1. The number of thioether (sulfide) groups is 1. The van der Waals surface area contributed by atoms with E-state index < -0.39 is 6.04 Å². The van der Waals surface area contributed by atoms with Crippen LogP contribution in [-0.4, -0.2) is 42.9 Å². The van der Waals surface area contributed by atoms with Gasteiger partial charge in [0.15, 0.2) is 0 Å². The van der Waals surface area contributed by atoms with Crippen molar-refractivity contribution in [3.8, 4) is 0 Å². The molecule has 0 spiro atoms. The number of aromatic nitrogens is 2. The highest BCUT2D eigenvalue weighted by Gasteiger charge is 2.53. The van der Waals surface area contributed by atoms with Gasteiger partial charge in [0, 0.05) is 18.7 Å². The standard InChI is InChI=1S/C23H23FN4O2S/c1-23-11-10-21(29)28(23)20(13-31-23)22(30)26-18(15-6-8-16(24)9-7-15)12-27-14-25-17-4-2-3-5-19(17)27/h2-9,14,18,20H,10-13H2,1H3,(H,26,30). The summed E-state index contributed by atoms with van der Waals surface area (Å²) in [5.41, 5.74) is 2.63. The number of carbonyl (C=O) groups is 2. The average Bonchev–Trinajstić information content (AvgIpc) is 3.41. The maximum atomic E-state index is 13.5. The van der Waals surface area contributed by atoms with Crippen LogP contribution in [0.3, 0.4) is 0 Å². The molecule has 2 amide bonds. The van der Waals surface area contributed by atoms with Crippen molar-refractivity contribution < 1.29 is 14.0 Å². The van der Waals surface area contributed by atoms with E-state index in [9.17, 15) is 14.0 Å². The Morgan fingerprint density at radius 2 is 2.06 bits per heavy atom. The number of imidazole rings is 1. The molecule has 3 aromatic rings. The first kappa shape index (κ1) is 20.1. The van der Waals surface area contributed by atoms with E-state index >= 15 is 0 Å². The molecule has 2 aromatic carbocycles. The molecule has 0 bridgehead atoms. The minimum atomic E-state index is -0.493. The highest BCUT2D eigenvalue weighted by Crippen LogP contribution is 2.47. The van der Waals surface area contributed by atoms with Crippen LogP contribution in [0.15, 0.2) is 54.9 Å². The van der Waals surface area contributed by atoms with E-state index in [1.165, 1.54) is 12.1 Å². The molecular formula is C23H23FN4O2S. The van der Waals surface area contributed by atoms with Gasteiger partial charge in [-0.15, -0.1) is 11.8 Å². The second kappa shape index (κ2) is 7.67. The highest BCUT2D eigenvalue weighted by molar-refractivity contribution is 8.01. The van der Waals surface area contributed by atoms with E-state index in [-0.39, 0.29) is 28.5 Å². The first-order valence-electron chi connectivity index (χ1n) is 10.4. The van der Waals surface area contributed by atoms with E-state index in [1.807, 2.05) is 35.8 Å². The first-order chi connectivity index (χ1) is 14.9. The molecule has 1 N–H and O–H groups in total. The molecule has 31 heavy (non-hydrogen) atoms. The molecule has 0 saturated carbocycles. The van der Waals surface area contributed by atoms with E-state index in [4.69, 9.17) is 0 Å². The number of halogens is 1. The number of amides is 2. The third-order valence-electron chi connectivity index (χ3n) is 6.24. The van der Waals surface area contributed by atoms with Crippen LogP contribution >= 0.6 is 11.8 Å². The van der Waals surface area contributed by atoms with Gasteiger partial charge in [0.05, 0.1) is 28.3 Å². The summed E-state index contributed by atoms with van der Waals surface area (Å²) in [6.45, 7) is 2.48. The molecule has 1 aromatic heterocycles. The summed E-state index contributed by atoms with van der Waals surface area (Å²) >= 11 is 1.67. The van der Waals surface area contributed by atoms with Gasteiger partial charge in [0.1, 0.15) is 11.9 Å². The van der Waals surface area contributed by atoms with Crippen LogP contribution in [0.1, 0.15) is 31.4 Å². The Morgan fingerprint density at radius 3 is 2.87 bits per heavy atom. The van der Waals surface area contributed by atoms with Crippen molar-refractivity contribution >= 4 is 34.6 Å². The van der Waals surface area contributed by atoms with Gasteiger partial charge in [-0.1, -0.05) is 24.3 Å². The number of benzene rings is 2. The molecule has 6 nitrogen and oxygen atoms in total. The Bertz CT molecular complexity index is 1150. The van der Waals surface area contributed by atoms with Gasteiger partial charge in [-0.3, -0.25) is 9.59 Å². The van der Waals surface area contributed by atoms with Gasteiger partial charge in [-0.05, 0) is 43.2 Å². The smallest absolute Gasteiger partial charge is 0.244 e. The Labute approximate surface area is 183 Å². The Kier molecular flexibility index (Phi) is 4.97. The van der Waals surface area contributed by atoms with Crippen molar-refractivity contribution in [3.05, 3.63) is 66.2 Å². The fraction of sp³-hybridized carbons (Fsp3) is 0.348. The molecule has 160 valence electrons. The van der Waals surface area contributed by atoms with E-state index in [2.05, 4.69) is 10.3 Å². The fourth-order valence-corrected chi connectivity index (χ4v) is 6.00. The molecule has 3 unspecified atom stereocenters. The third kappa shape index (κ3) is 3.59. The predicted molar refractivity (Wildman–Crippen MR) is 118 cm³/mol. The van der Waals surface area contributed by atoms with Crippen LogP contribution in [0.25, 0.3) is 11.0 Å². The zero-order chi connectivity index (χ0) is 21.6. The van der Waals surface area contributed by atoms with Gasteiger partial charge in [0.25, 0.3) is 0 Å². The molecule has 5 rings (SSSR count). The second-order valence-corrected chi connectivity index (χ2v) is 9.77. The second-order valence-electron chi connectivity index (χ2n) is 8.26. The van der Waals surface area contributed by atoms with Crippen LogP contribution < -0.4 is 5.32 Å². The summed E-state index contributed by atoms with van der Waals surface area (Å²) in [5, 5.41) is 3.13. The monoisotopic (exact) mass is 438 g/mol. The number of carbonyl (C=O) groups excluding carboxylic acids is 2. The minimum Gasteiger partial charge on any atom is -0.346 e. The maximum absolute atomic E-state index is 13.5. The normalized spacial score (nSPS) is 23.9. The average molecular weight is 439 g/mol. The fourth-order valence-electron chi connectivity index (χ4n) is 4.56. The van der Waals surface area contributed by atoms with Crippen LogP contribution in [0.4, 0.5) is 4.39 Å². The zero-order valence-electron chi connectivity index (χ0n) is 17.1. The lowest BCUT2D eigenvalue weighted by Gasteiger charge is -2.31. The van der Waals surface area contributed by atoms with Crippen molar-refractivity contribution in [2.24, 2.45) is 0 Å². The summed E-state index contributed by atoms with van der Waals surface area (Å²) in [6.07, 6.45) is 3.00. The largest absolute Gasteiger partial charge is 0.346 e. The molecule has 2 aliphatic heterocycles. The summed E-state index contributed by atoms with van der Waals surface area (Å²) in [5.74, 6) is 0.113. The number of hydrogen-bond donors (Lipinski definition) is 1. The Balaban J connectivity index is 1.43. The van der Waals surface area contributed by atoms with E-state index in [1.54, 1.807) is 35.1 Å². The van der Waals surface area contributed by atoms with Crippen molar-refractivity contribution in [3.63, 3.8) is 0 Å². The minimum absolute atomic E-state index is 0.0339. The van der Waals surface area contributed by atoms with Crippen LogP contribution in [0.5, 0.6) is 0 Å². The lowest BCUT2D eigenvalue weighted by atomic mass is 10.1. The van der Waals surface area contributed by atoms with Crippen LogP contribution in [0.2, 0.25) is 0 Å². The van der Waals surface area contributed by atoms with Crippen LogP contribution in [0, 0.1) is 5.82 Å². The number of nitrogens with zero attached hydrogens (tertiary/aromatic N) is 3. The zero-order valence-corrected chi connectivity index (χ0v) is 17.9. The van der Waals surface area contributed by atoms with Gasteiger partial charge in [0.2, 0.25) is 11.8 Å². The molecule has 0 radical (unpaired) electrons. The van der Waals surface area contributed by atoms with Gasteiger partial charge < -0.3 is 14.8 Å². The highest BCUT2D eigenvalue weighted by atomic mass is 32.2. The molecule has 0 aliphatic carbocycles. The number of fused-ring (bicyclic) bond motifs is 2. The molecule has 3 atom stereocenters. The topological polar surface area (TPSA) is 67.2 Å². The molecule has 8 heteroatoms. The molecule has 2 fully saturated rings. The van der Waals surface area contributed by atoms with E-state index in [0.717, 1.165) is 23.0 Å². The lowest BCUT2D eigenvalue weighted by Crippen LogP contribution is -2.51. The van der Waals surface area contributed by atoms with Crippen LogP contribution in [-0.2, 0) is 16.1 Å². The third-order valence-corrected chi connectivity index (χ3v) is 7.75. The Morgan fingerprint density at radius 1 is 1.29 bits per heavy atom. The number of hydrogen-bond acceptors (Lipinski definition) is 4. The van der Waals surface area contributed by atoms with Crippen molar-refractivity contribution in [2.75, 3.05) is 5.75 Å². The summed E-state index contributed by atoms with van der Waals surface area (Å²) in [4.78, 5) is 31.6. The van der Waals surface area contributed by atoms with Gasteiger partial charge in [-0.25, -0.2) is 9.37 Å². The lowest BCUT2D eigenvalue weighted by molar-refractivity contribution is -0.138.